The van der Waals surface area contributed by atoms with Gasteiger partial charge in [0.2, 0.25) is 5.91 Å². The first-order chi connectivity index (χ1) is 10.0. The monoisotopic (exact) mass is 320 g/mol. The van der Waals surface area contributed by atoms with Crippen LogP contribution in [-0.4, -0.2) is 10.9 Å². The fourth-order valence-corrected chi connectivity index (χ4v) is 3.00. The van der Waals surface area contributed by atoms with Gasteiger partial charge in [0.15, 0.2) is 5.13 Å². The number of aryl methyl sites for hydroxylation is 2. The van der Waals surface area contributed by atoms with E-state index in [9.17, 15) is 4.79 Å². The van der Waals surface area contributed by atoms with Gasteiger partial charge in [-0.15, -0.1) is 0 Å². The maximum Gasteiger partial charge on any atom is 0.230 e. The molecule has 1 N–H and O–H groups in total. The van der Waals surface area contributed by atoms with Gasteiger partial charge >= 0.3 is 0 Å². The van der Waals surface area contributed by atoms with E-state index in [0.717, 1.165) is 22.1 Å². The molecular weight excluding hydrogens is 308 g/mol. The van der Waals surface area contributed by atoms with Crippen LogP contribution in [0.15, 0.2) is 29.0 Å². The topological polar surface area (TPSA) is 55.1 Å². The normalized spacial score (nSPS) is 11.0. The highest BCUT2D eigenvalue weighted by atomic mass is 35.5. The minimum Gasteiger partial charge on any atom is -0.464 e. The van der Waals surface area contributed by atoms with Gasteiger partial charge in [-0.1, -0.05) is 35.1 Å². The van der Waals surface area contributed by atoms with Gasteiger partial charge in [0.25, 0.3) is 0 Å². The summed E-state index contributed by atoms with van der Waals surface area (Å²) in [6, 6.07) is 4.03. The number of fused-ring (bicyclic) bond motifs is 1. The van der Waals surface area contributed by atoms with Crippen LogP contribution in [0.5, 0.6) is 0 Å². The van der Waals surface area contributed by atoms with Crippen molar-refractivity contribution in [3.8, 4) is 0 Å². The molecule has 0 atom stereocenters. The molecule has 1 amide bonds. The predicted molar refractivity (Wildman–Crippen MR) is 85.1 cm³/mol. The molecule has 2 heterocycles. The lowest BCUT2D eigenvalue weighted by atomic mass is 10.0. The van der Waals surface area contributed by atoms with Crippen LogP contribution in [0.4, 0.5) is 5.13 Å². The number of carbonyl (C=O) groups is 1. The summed E-state index contributed by atoms with van der Waals surface area (Å²) in [4.78, 5) is 16.1. The van der Waals surface area contributed by atoms with E-state index < -0.39 is 0 Å². The number of aromatic nitrogens is 1. The summed E-state index contributed by atoms with van der Waals surface area (Å²) in [6.45, 7) is 4.05. The van der Waals surface area contributed by atoms with Gasteiger partial charge in [-0.3, -0.25) is 4.79 Å². The number of furan rings is 1. The van der Waals surface area contributed by atoms with E-state index >= 15 is 0 Å². The quantitative estimate of drug-likeness (QED) is 0.781. The molecule has 0 bridgehead atoms. The van der Waals surface area contributed by atoms with Gasteiger partial charge in [-0.05, 0) is 25.0 Å². The van der Waals surface area contributed by atoms with E-state index in [4.69, 9.17) is 16.0 Å². The molecule has 21 heavy (non-hydrogen) atoms. The zero-order chi connectivity index (χ0) is 15.0. The number of hydrogen-bond donors (Lipinski definition) is 1. The second kappa shape index (κ2) is 5.50. The average Bonchev–Trinajstić information content (AvgIpc) is 3.01. The van der Waals surface area contributed by atoms with Crippen molar-refractivity contribution in [3.05, 3.63) is 45.6 Å². The molecule has 0 radical (unpaired) electrons. The summed E-state index contributed by atoms with van der Waals surface area (Å²) in [5.41, 5.74) is 3.99. The van der Waals surface area contributed by atoms with Crippen molar-refractivity contribution in [2.45, 2.75) is 20.3 Å². The molecule has 4 nitrogen and oxygen atoms in total. The van der Waals surface area contributed by atoms with E-state index in [1.54, 1.807) is 6.26 Å². The number of anilines is 1. The Morgan fingerprint density at radius 1 is 1.43 bits per heavy atom. The second-order valence-corrected chi connectivity index (χ2v) is 6.50. The van der Waals surface area contributed by atoms with Crippen LogP contribution in [0, 0.1) is 13.8 Å². The highest BCUT2D eigenvalue weighted by Gasteiger charge is 2.13. The first-order valence-corrected chi connectivity index (χ1v) is 7.61. The van der Waals surface area contributed by atoms with Gasteiger partial charge in [0.05, 0.1) is 18.9 Å². The highest BCUT2D eigenvalue weighted by Crippen LogP contribution is 2.27. The lowest BCUT2D eigenvalue weighted by Crippen LogP contribution is -2.13. The van der Waals surface area contributed by atoms with Crippen molar-refractivity contribution in [1.82, 2.24) is 4.98 Å². The molecule has 0 saturated heterocycles. The fraction of sp³-hybridized carbons (Fsp3) is 0.200. The van der Waals surface area contributed by atoms with Crippen LogP contribution in [-0.2, 0) is 11.2 Å². The summed E-state index contributed by atoms with van der Waals surface area (Å²) in [5, 5.41) is 4.22. The molecule has 0 aliphatic rings. The first kappa shape index (κ1) is 14.1. The summed E-state index contributed by atoms with van der Waals surface area (Å²) >= 11 is 7.02. The maximum absolute atomic E-state index is 12.1. The molecule has 108 valence electrons. The van der Waals surface area contributed by atoms with Crippen LogP contribution < -0.4 is 5.32 Å². The third-order valence-electron chi connectivity index (χ3n) is 3.42. The summed E-state index contributed by atoms with van der Waals surface area (Å²) in [7, 11) is 0. The Labute approximate surface area is 130 Å². The minimum atomic E-state index is -0.137. The van der Waals surface area contributed by atoms with E-state index in [2.05, 4.69) is 10.3 Å². The van der Waals surface area contributed by atoms with Crippen LogP contribution in [0.25, 0.3) is 11.0 Å². The lowest BCUT2D eigenvalue weighted by Gasteiger charge is -2.02. The SMILES string of the molecule is Cc1ccc2c(CC(=O)Nc3ncc(Cl)s3)coc2c1C. The molecule has 0 unspecified atom stereocenters. The second-order valence-electron chi connectivity index (χ2n) is 4.84. The number of amides is 1. The van der Waals surface area contributed by atoms with Crippen LogP contribution in [0.2, 0.25) is 4.34 Å². The number of nitrogens with one attached hydrogen (secondary N) is 1. The molecule has 0 saturated carbocycles. The van der Waals surface area contributed by atoms with Crippen molar-refractivity contribution >= 4 is 44.9 Å². The Morgan fingerprint density at radius 3 is 2.95 bits per heavy atom. The number of benzene rings is 1. The van der Waals surface area contributed by atoms with Crippen molar-refractivity contribution < 1.29 is 9.21 Å². The number of halogens is 1. The highest BCUT2D eigenvalue weighted by molar-refractivity contribution is 7.19. The molecule has 0 fully saturated rings. The van der Waals surface area contributed by atoms with Crippen LogP contribution in [0.1, 0.15) is 16.7 Å². The van der Waals surface area contributed by atoms with Crippen LogP contribution >= 0.6 is 22.9 Å². The smallest absolute Gasteiger partial charge is 0.230 e. The molecule has 6 heteroatoms. The van der Waals surface area contributed by atoms with E-state index in [0.29, 0.717) is 9.47 Å². The average molecular weight is 321 g/mol. The Morgan fingerprint density at radius 2 is 2.24 bits per heavy atom. The van der Waals surface area contributed by atoms with E-state index in [1.807, 2.05) is 26.0 Å². The van der Waals surface area contributed by atoms with E-state index in [1.165, 1.54) is 23.1 Å². The Bertz CT molecular complexity index is 822. The Kier molecular flexibility index (Phi) is 3.69. The molecule has 0 aliphatic heterocycles. The van der Waals surface area contributed by atoms with Gasteiger partial charge in [0, 0.05) is 10.9 Å². The Balaban J connectivity index is 1.82. The Hall–Kier alpha value is -1.85. The molecule has 2 aromatic heterocycles. The molecule has 3 aromatic rings. The van der Waals surface area contributed by atoms with Gasteiger partial charge in [-0.25, -0.2) is 4.98 Å². The molecule has 0 aliphatic carbocycles. The first-order valence-electron chi connectivity index (χ1n) is 6.42. The van der Waals surface area contributed by atoms with Gasteiger partial charge < -0.3 is 9.73 Å². The van der Waals surface area contributed by atoms with Gasteiger partial charge in [-0.2, -0.15) is 0 Å². The summed E-state index contributed by atoms with van der Waals surface area (Å²) < 4.78 is 6.15. The summed E-state index contributed by atoms with van der Waals surface area (Å²) in [5.74, 6) is -0.137. The maximum atomic E-state index is 12.1. The predicted octanol–water partition coefficient (Wildman–Crippen LogP) is 4.34. The fourth-order valence-electron chi connectivity index (χ4n) is 2.17. The zero-order valence-corrected chi connectivity index (χ0v) is 13.1. The molecule has 1 aromatic carbocycles. The number of rotatable bonds is 3. The van der Waals surface area contributed by atoms with Gasteiger partial charge in [0.1, 0.15) is 9.92 Å². The number of nitrogens with zero attached hydrogens (tertiary/aromatic N) is 1. The zero-order valence-electron chi connectivity index (χ0n) is 11.6. The number of thiazole rings is 1. The van der Waals surface area contributed by atoms with Crippen molar-refractivity contribution in [2.24, 2.45) is 0 Å². The van der Waals surface area contributed by atoms with E-state index in [-0.39, 0.29) is 12.3 Å². The third-order valence-corrected chi connectivity index (χ3v) is 4.45. The molecular formula is C15H13ClN2O2S. The summed E-state index contributed by atoms with van der Waals surface area (Å²) in [6.07, 6.45) is 3.40. The van der Waals surface area contributed by atoms with Crippen molar-refractivity contribution in [2.75, 3.05) is 5.32 Å². The van der Waals surface area contributed by atoms with Crippen LogP contribution in [0.3, 0.4) is 0 Å². The third kappa shape index (κ3) is 2.80. The standard InChI is InChI=1S/C15H13ClN2O2S/c1-8-3-4-11-10(7-20-14(11)9(8)2)5-13(19)18-15-17-6-12(16)21-15/h3-4,6-7H,5H2,1-2H3,(H,17,18,19). The van der Waals surface area contributed by atoms with Crippen molar-refractivity contribution in [1.29, 1.82) is 0 Å². The lowest BCUT2D eigenvalue weighted by molar-refractivity contribution is -0.115. The molecule has 0 spiro atoms. The largest absolute Gasteiger partial charge is 0.464 e. The minimum absolute atomic E-state index is 0.137. The van der Waals surface area contributed by atoms with Crippen molar-refractivity contribution in [3.63, 3.8) is 0 Å². The number of carbonyl (C=O) groups excluding carboxylic acids is 1. The molecule has 3 rings (SSSR count). The number of hydrogen-bond acceptors (Lipinski definition) is 4.